The van der Waals surface area contributed by atoms with Crippen LogP contribution in [0, 0.1) is 0 Å². The van der Waals surface area contributed by atoms with Gasteiger partial charge in [-0.15, -0.1) is 0 Å². The molecule has 0 heterocycles. The van der Waals surface area contributed by atoms with Gasteiger partial charge >= 0.3 is 71.7 Å². The zero-order chi connectivity index (χ0) is 8.15. The first-order valence-corrected chi connectivity index (χ1v) is 6.92. The number of hydrogen-bond acceptors (Lipinski definition) is 5. The third-order valence-electron chi connectivity index (χ3n) is 0.273. The van der Waals surface area contributed by atoms with E-state index in [2.05, 4.69) is 5.17 Å². The second kappa shape index (κ2) is 5.62. The van der Waals surface area contributed by atoms with Gasteiger partial charge in [-0.2, -0.15) is 0 Å². The third-order valence-corrected chi connectivity index (χ3v) is 4.64. The van der Waals surface area contributed by atoms with Gasteiger partial charge in [0.05, 0.1) is 0 Å². The average Bonchev–Trinajstić information content (AvgIpc) is 1.58. The molecule has 0 aromatic carbocycles. The van der Waals surface area contributed by atoms with Crippen molar-refractivity contribution in [3.8, 4) is 0 Å². The second-order valence-corrected chi connectivity index (χ2v) is 5.66. The molecule has 0 aliphatic rings. The number of rotatable bonds is 4. The topological polar surface area (TPSA) is 110 Å². The SMILES string of the molecule is [O]=[V]([OH])[O][V](=[O])[O][V](=[O])[OH]. The molecule has 0 rings (SSSR count). The van der Waals surface area contributed by atoms with Crippen molar-refractivity contribution in [2.24, 2.45) is 0 Å². The van der Waals surface area contributed by atoms with Gasteiger partial charge in [-0.25, -0.2) is 0 Å². The van der Waals surface area contributed by atoms with Crippen molar-refractivity contribution in [1.29, 1.82) is 0 Å². The zero-order valence-corrected chi connectivity index (χ0v) is 8.47. The fourth-order valence-electron chi connectivity index (χ4n) is 0.129. The van der Waals surface area contributed by atoms with Crippen LogP contribution in [-0.2, 0) is 63.6 Å². The van der Waals surface area contributed by atoms with Gasteiger partial charge in [0.1, 0.15) is 0 Å². The molecule has 0 radical (unpaired) electrons. The maximum absolute atomic E-state index is 10.2. The van der Waals surface area contributed by atoms with Crippen molar-refractivity contribution < 1.29 is 71.7 Å². The van der Waals surface area contributed by atoms with Gasteiger partial charge in [0, 0.05) is 0 Å². The van der Waals surface area contributed by atoms with Crippen LogP contribution < -0.4 is 0 Å². The Kier molecular flexibility index (Phi) is 6.18. The first-order chi connectivity index (χ1) is 4.52. The molecule has 0 aliphatic heterocycles. The van der Waals surface area contributed by atoms with Gasteiger partial charge in [0.2, 0.25) is 0 Å². The Morgan fingerprint density at radius 3 is 1.40 bits per heavy atom. The van der Waals surface area contributed by atoms with E-state index in [1.165, 1.54) is 0 Å². The van der Waals surface area contributed by atoms with Crippen LogP contribution in [0.3, 0.4) is 0 Å². The van der Waals surface area contributed by atoms with E-state index in [1.807, 2.05) is 0 Å². The molecule has 0 amide bonds. The van der Waals surface area contributed by atoms with E-state index in [0.29, 0.717) is 0 Å². The van der Waals surface area contributed by atoms with Crippen LogP contribution in [0.5, 0.6) is 0 Å². The summed E-state index contributed by atoms with van der Waals surface area (Å²) in [4.78, 5) is 0. The average molecular weight is 267 g/mol. The minimum atomic E-state index is -3.69. The van der Waals surface area contributed by atoms with E-state index in [4.69, 9.17) is 8.06 Å². The molecule has 2 N–H and O–H groups in total. The summed E-state index contributed by atoms with van der Waals surface area (Å²) in [5.74, 6) is 0. The molecule has 0 atom stereocenters. The molecule has 10 heavy (non-hydrogen) atoms. The minimum absolute atomic E-state index is 3.62. The van der Waals surface area contributed by atoms with Crippen molar-refractivity contribution in [3.05, 3.63) is 0 Å². The summed E-state index contributed by atoms with van der Waals surface area (Å²) in [5, 5.41) is 0. The molecule has 0 spiro atoms. The number of hydrogen-bond donors (Lipinski definition) is 2. The molecular formula is H2O7V3. The molecular weight excluding hydrogens is 265 g/mol. The maximum atomic E-state index is 10.2. The van der Waals surface area contributed by atoms with Crippen LogP contribution >= 0.6 is 0 Å². The molecule has 10 heteroatoms. The monoisotopic (exact) mass is 267 g/mol. The second-order valence-electron chi connectivity index (χ2n) is 0.863. The van der Waals surface area contributed by atoms with Crippen LogP contribution in [0.15, 0.2) is 0 Å². The van der Waals surface area contributed by atoms with Gasteiger partial charge in [0.25, 0.3) is 0 Å². The molecule has 0 saturated heterocycles. The normalized spacial score (nSPS) is 9.00. The van der Waals surface area contributed by atoms with Crippen molar-refractivity contribution in [2.45, 2.75) is 0 Å². The van der Waals surface area contributed by atoms with Gasteiger partial charge < -0.3 is 0 Å². The third kappa shape index (κ3) is 7.10. The summed E-state index contributed by atoms with van der Waals surface area (Å²) in [6, 6.07) is 0. The summed E-state index contributed by atoms with van der Waals surface area (Å²) in [6.45, 7) is 0. The zero-order valence-electron chi connectivity index (χ0n) is 4.28. The van der Waals surface area contributed by atoms with Gasteiger partial charge in [-0.05, 0) is 0 Å². The van der Waals surface area contributed by atoms with Crippen LogP contribution in [-0.4, -0.2) is 8.06 Å². The Bertz CT molecular complexity index is 152. The van der Waals surface area contributed by atoms with Gasteiger partial charge in [-0.1, -0.05) is 0 Å². The quantitative estimate of drug-likeness (QED) is 0.630. The summed E-state index contributed by atoms with van der Waals surface area (Å²) in [7, 11) is 0. The fourth-order valence-corrected chi connectivity index (χ4v) is 2.98. The molecule has 0 aliphatic carbocycles. The van der Waals surface area contributed by atoms with Crippen LogP contribution in [0.1, 0.15) is 0 Å². The Morgan fingerprint density at radius 2 is 1.20 bits per heavy atom. The van der Waals surface area contributed by atoms with E-state index in [0.717, 1.165) is 0 Å². The summed E-state index contributed by atoms with van der Waals surface area (Å²) in [6.07, 6.45) is 0. The van der Waals surface area contributed by atoms with E-state index in [-0.39, 0.29) is 0 Å². The molecule has 0 unspecified atom stereocenters. The molecule has 0 saturated carbocycles. The van der Waals surface area contributed by atoms with Crippen molar-refractivity contribution in [2.75, 3.05) is 0 Å². The molecule has 0 aromatic heterocycles. The summed E-state index contributed by atoms with van der Waals surface area (Å²) in [5.41, 5.74) is 0. The summed E-state index contributed by atoms with van der Waals surface area (Å²) >= 11 is -11.0. The van der Waals surface area contributed by atoms with Crippen LogP contribution in [0.25, 0.3) is 0 Å². The van der Waals surface area contributed by atoms with E-state index >= 15 is 0 Å². The predicted molar refractivity (Wildman–Crippen MR) is 8.67 cm³/mol. The Labute approximate surface area is 71.4 Å². The predicted octanol–water partition coefficient (Wildman–Crippen LogP) is -1.61. The van der Waals surface area contributed by atoms with Gasteiger partial charge in [-0.3, -0.25) is 0 Å². The van der Waals surface area contributed by atoms with E-state index in [1.54, 1.807) is 0 Å². The Morgan fingerprint density at radius 1 is 0.900 bits per heavy atom. The van der Waals surface area contributed by atoms with Crippen LogP contribution in [0.2, 0.25) is 0 Å². The van der Waals surface area contributed by atoms with E-state index in [9.17, 15) is 11.0 Å². The summed E-state index contributed by atoms with van der Waals surface area (Å²) < 4.78 is 53.3. The first kappa shape index (κ1) is 11.0. The molecule has 0 aromatic rings. The van der Waals surface area contributed by atoms with Gasteiger partial charge in [0.15, 0.2) is 0 Å². The Balaban J connectivity index is 3.65. The molecule has 7 nitrogen and oxygen atoms in total. The first-order valence-electron chi connectivity index (χ1n) is 1.68. The van der Waals surface area contributed by atoms with E-state index < -0.39 is 47.4 Å². The Hall–Kier alpha value is 0.993. The van der Waals surface area contributed by atoms with Crippen molar-refractivity contribution in [3.63, 3.8) is 0 Å². The van der Waals surface area contributed by atoms with Crippen molar-refractivity contribution >= 4 is 0 Å². The van der Waals surface area contributed by atoms with Crippen LogP contribution in [0.4, 0.5) is 0 Å². The molecule has 0 bridgehead atoms. The molecule has 59 valence electrons. The fraction of sp³-hybridized carbons (Fsp3) is 0. The molecule has 0 fully saturated rings. The standard InChI is InChI=1S/2H2O.5O.3V/h2*1H2;;;;;;;;/q;;;;;;;;2*+1/p-2. The van der Waals surface area contributed by atoms with Crippen molar-refractivity contribution in [1.82, 2.24) is 0 Å².